The van der Waals surface area contributed by atoms with Crippen LogP contribution in [0.1, 0.15) is 55.7 Å². The van der Waals surface area contributed by atoms with Crippen LogP contribution >= 0.6 is 0 Å². The van der Waals surface area contributed by atoms with E-state index in [1.807, 2.05) is 15.5 Å². The largest absolute Gasteiger partial charge is 0.337 e. The maximum Gasteiger partial charge on any atom is 0.270 e. The van der Waals surface area contributed by atoms with Crippen molar-refractivity contribution >= 4 is 17.5 Å². The summed E-state index contributed by atoms with van der Waals surface area (Å²) in [5.74, 6) is 0.233. The summed E-state index contributed by atoms with van der Waals surface area (Å²) in [5, 5.41) is 3.97. The Morgan fingerprint density at radius 2 is 1.90 bits per heavy atom. The molecule has 0 saturated carbocycles. The summed E-state index contributed by atoms with van der Waals surface area (Å²) in [7, 11) is 0. The van der Waals surface area contributed by atoms with Crippen LogP contribution in [0.25, 0.3) is 0 Å². The number of rotatable bonds is 3. The van der Waals surface area contributed by atoms with Crippen LogP contribution in [0.5, 0.6) is 0 Å². The minimum Gasteiger partial charge on any atom is -0.337 e. The molecule has 0 unspecified atom stereocenters. The molecule has 5 heterocycles. The van der Waals surface area contributed by atoms with E-state index in [1.165, 1.54) is 19.3 Å². The lowest BCUT2D eigenvalue weighted by Gasteiger charge is -2.43. The SMILES string of the molecule is O=C1CCC(C(=O)N2C[C@@H]3C[C@H](C2)c2ccc(CN4CCCCC4)c(=O)n2C3)=NN1. The fraction of sp³-hybridized carbons (Fsp3) is 0.636. The van der Waals surface area contributed by atoms with Gasteiger partial charge in [0.2, 0.25) is 5.91 Å². The van der Waals surface area contributed by atoms with Crippen LogP contribution in [0.4, 0.5) is 0 Å². The molecular formula is C22H29N5O3. The van der Waals surface area contributed by atoms with Crippen molar-refractivity contribution in [2.75, 3.05) is 26.2 Å². The Balaban J connectivity index is 1.34. The fourth-order valence-electron chi connectivity index (χ4n) is 5.45. The Bertz CT molecular complexity index is 947. The number of piperidine rings is 2. The first-order chi connectivity index (χ1) is 14.6. The van der Waals surface area contributed by atoms with Crippen LogP contribution in [0.15, 0.2) is 22.0 Å². The number of carbonyl (C=O) groups is 2. The molecule has 2 atom stereocenters. The van der Waals surface area contributed by atoms with Gasteiger partial charge in [-0.15, -0.1) is 0 Å². The highest BCUT2D eigenvalue weighted by atomic mass is 16.2. The number of pyridine rings is 1. The predicted molar refractivity (Wildman–Crippen MR) is 112 cm³/mol. The van der Waals surface area contributed by atoms with Gasteiger partial charge in [-0.2, -0.15) is 5.10 Å². The van der Waals surface area contributed by atoms with Crippen LogP contribution in [-0.4, -0.2) is 58.1 Å². The maximum absolute atomic E-state index is 13.2. The van der Waals surface area contributed by atoms with Gasteiger partial charge in [-0.3, -0.25) is 19.3 Å². The van der Waals surface area contributed by atoms with E-state index >= 15 is 0 Å². The number of likely N-dealkylation sites (tertiary alicyclic amines) is 2. The highest BCUT2D eigenvalue weighted by molar-refractivity contribution is 6.39. The van der Waals surface area contributed by atoms with E-state index in [9.17, 15) is 14.4 Å². The third-order valence-corrected chi connectivity index (χ3v) is 6.96. The Morgan fingerprint density at radius 1 is 1.07 bits per heavy atom. The van der Waals surface area contributed by atoms with Crippen molar-refractivity contribution in [1.82, 2.24) is 19.8 Å². The highest BCUT2D eigenvalue weighted by Gasteiger charge is 2.38. The van der Waals surface area contributed by atoms with Crippen LogP contribution in [0.2, 0.25) is 0 Å². The highest BCUT2D eigenvalue weighted by Crippen LogP contribution is 2.35. The number of nitrogens with one attached hydrogen (secondary N) is 1. The second kappa shape index (κ2) is 7.98. The summed E-state index contributed by atoms with van der Waals surface area (Å²) in [6, 6.07) is 4.11. The van der Waals surface area contributed by atoms with Crippen LogP contribution in [0, 0.1) is 5.92 Å². The minimum absolute atomic E-state index is 0.0813. The molecule has 4 aliphatic heterocycles. The quantitative estimate of drug-likeness (QED) is 0.805. The normalized spacial score (nSPS) is 26.6. The zero-order chi connectivity index (χ0) is 20.7. The molecule has 4 aliphatic rings. The van der Waals surface area contributed by atoms with Gasteiger partial charge >= 0.3 is 0 Å². The molecular weight excluding hydrogens is 382 g/mol. The van der Waals surface area contributed by atoms with Gasteiger partial charge in [-0.25, -0.2) is 5.43 Å². The third kappa shape index (κ3) is 3.69. The molecule has 1 aromatic rings. The van der Waals surface area contributed by atoms with Gasteiger partial charge in [0.05, 0.1) is 0 Å². The van der Waals surface area contributed by atoms with Crippen LogP contribution < -0.4 is 11.0 Å². The summed E-state index contributed by atoms with van der Waals surface area (Å²) < 4.78 is 1.97. The molecule has 160 valence electrons. The van der Waals surface area contributed by atoms with E-state index in [0.717, 1.165) is 37.3 Å². The van der Waals surface area contributed by atoms with Gasteiger partial charge < -0.3 is 9.47 Å². The topological polar surface area (TPSA) is 87.0 Å². The Morgan fingerprint density at radius 3 is 2.67 bits per heavy atom. The van der Waals surface area contributed by atoms with Crippen molar-refractivity contribution in [3.05, 3.63) is 33.7 Å². The average Bonchev–Trinajstić information content (AvgIpc) is 2.77. The Labute approximate surface area is 175 Å². The lowest BCUT2D eigenvalue weighted by molar-refractivity contribution is -0.127. The number of aromatic nitrogens is 1. The molecule has 8 heteroatoms. The molecule has 2 saturated heterocycles. The molecule has 8 nitrogen and oxygen atoms in total. The number of nitrogens with zero attached hydrogens (tertiary/aromatic N) is 4. The molecule has 0 radical (unpaired) electrons. The first-order valence-corrected chi connectivity index (χ1v) is 11.2. The molecule has 0 spiro atoms. The molecule has 2 bridgehead atoms. The first-order valence-electron chi connectivity index (χ1n) is 11.2. The van der Waals surface area contributed by atoms with Gasteiger partial charge in [0.15, 0.2) is 0 Å². The lowest BCUT2D eigenvalue weighted by Crippen LogP contribution is -2.51. The van der Waals surface area contributed by atoms with E-state index in [4.69, 9.17) is 0 Å². The van der Waals surface area contributed by atoms with Crippen molar-refractivity contribution in [3.63, 3.8) is 0 Å². The minimum atomic E-state index is -0.143. The van der Waals surface area contributed by atoms with E-state index in [0.29, 0.717) is 38.2 Å². The van der Waals surface area contributed by atoms with Crippen molar-refractivity contribution in [1.29, 1.82) is 0 Å². The number of carbonyl (C=O) groups excluding carboxylic acids is 2. The van der Waals surface area contributed by atoms with Crippen LogP contribution in [-0.2, 0) is 22.7 Å². The zero-order valence-corrected chi connectivity index (χ0v) is 17.3. The van der Waals surface area contributed by atoms with Gasteiger partial charge in [-0.1, -0.05) is 12.5 Å². The van der Waals surface area contributed by atoms with Crippen molar-refractivity contribution < 1.29 is 9.59 Å². The number of hydrogen-bond acceptors (Lipinski definition) is 5. The predicted octanol–water partition coefficient (Wildman–Crippen LogP) is 1.05. The summed E-state index contributed by atoms with van der Waals surface area (Å²) in [6.45, 7) is 4.82. The molecule has 2 fully saturated rings. The maximum atomic E-state index is 13.2. The molecule has 0 aliphatic carbocycles. The lowest BCUT2D eigenvalue weighted by atomic mass is 9.82. The van der Waals surface area contributed by atoms with Gasteiger partial charge in [-0.05, 0) is 44.3 Å². The second-order valence-electron chi connectivity index (χ2n) is 9.14. The van der Waals surface area contributed by atoms with E-state index in [2.05, 4.69) is 21.5 Å². The molecule has 1 aromatic heterocycles. The molecule has 2 amide bonds. The average molecular weight is 412 g/mol. The van der Waals surface area contributed by atoms with E-state index in [-0.39, 0.29) is 29.2 Å². The van der Waals surface area contributed by atoms with E-state index in [1.54, 1.807) is 0 Å². The summed E-state index contributed by atoms with van der Waals surface area (Å²) in [4.78, 5) is 41.7. The van der Waals surface area contributed by atoms with Crippen LogP contribution in [0.3, 0.4) is 0 Å². The first kappa shape index (κ1) is 19.5. The molecule has 5 rings (SSSR count). The molecule has 1 N–H and O–H groups in total. The monoisotopic (exact) mass is 411 g/mol. The third-order valence-electron chi connectivity index (χ3n) is 6.96. The number of hydrazone groups is 1. The fourth-order valence-corrected chi connectivity index (χ4v) is 5.45. The number of hydrogen-bond donors (Lipinski definition) is 1. The van der Waals surface area contributed by atoms with Crippen molar-refractivity contribution in [2.45, 2.75) is 57.5 Å². The number of fused-ring (bicyclic) bond motifs is 4. The number of amides is 2. The van der Waals surface area contributed by atoms with Crippen molar-refractivity contribution in [2.24, 2.45) is 11.0 Å². The van der Waals surface area contributed by atoms with Gasteiger partial charge in [0.25, 0.3) is 11.5 Å². The smallest absolute Gasteiger partial charge is 0.270 e. The molecule has 30 heavy (non-hydrogen) atoms. The Kier molecular flexibility index (Phi) is 5.18. The summed E-state index contributed by atoms with van der Waals surface area (Å²) in [5.41, 5.74) is 4.94. The summed E-state index contributed by atoms with van der Waals surface area (Å²) in [6.07, 6.45) is 5.44. The molecule has 0 aromatic carbocycles. The Hall–Kier alpha value is -2.48. The second-order valence-corrected chi connectivity index (χ2v) is 9.14. The van der Waals surface area contributed by atoms with Gasteiger partial charge in [0.1, 0.15) is 5.71 Å². The standard InChI is InChI=1S/C22H29N5O3/c28-20-7-5-18(23-24-20)22(30)26-11-15-10-17(14-26)19-6-4-16(21(29)27(19)12-15)13-25-8-2-1-3-9-25/h4,6,15,17H,1-3,5,7-14H2,(H,24,28)/t15-,17+/m0/s1. The zero-order valence-electron chi connectivity index (χ0n) is 17.3. The van der Waals surface area contributed by atoms with Crippen molar-refractivity contribution in [3.8, 4) is 0 Å². The van der Waals surface area contributed by atoms with E-state index < -0.39 is 0 Å². The summed E-state index contributed by atoms with van der Waals surface area (Å²) >= 11 is 0. The van der Waals surface area contributed by atoms with Gasteiger partial charge in [0, 0.05) is 56.2 Å².